The van der Waals surface area contributed by atoms with E-state index in [1.807, 2.05) is 0 Å². The van der Waals surface area contributed by atoms with Gasteiger partial charge in [0, 0.05) is 29.5 Å². The standard InChI is InChI=1S/C31H28F2N2O9S/c1-37-18-14-21(38-2)25-22(15-18)43-27(16-11-23(39-3)28(41-5)24(12-16)40-4)29(26(25)36)42-9-6-10-45-31-35-34-30(44-31)19-8-7-17(32)13-20(19)33/h7-8,11-15H,6,9-10H2,1-5H3. The zero-order valence-electron chi connectivity index (χ0n) is 24.9. The lowest BCUT2D eigenvalue weighted by Crippen LogP contribution is -2.12. The van der Waals surface area contributed by atoms with Gasteiger partial charge >= 0.3 is 0 Å². The van der Waals surface area contributed by atoms with E-state index in [1.54, 1.807) is 24.3 Å². The predicted molar refractivity (Wildman–Crippen MR) is 161 cm³/mol. The molecule has 5 rings (SSSR count). The van der Waals surface area contributed by atoms with Crippen molar-refractivity contribution in [3.8, 4) is 57.3 Å². The fraction of sp³-hybridized carbons (Fsp3) is 0.258. The second-order valence-corrected chi connectivity index (χ2v) is 10.3. The average Bonchev–Trinajstić information content (AvgIpc) is 3.52. The molecule has 14 heteroatoms. The van der Waals surface area contributed by atoms with Crippen molar-refractivity contribution in [3.05, 3.63) is 64.3 Å². The minimum absolute atomic E-state index is 0.00511. The molecule has 45 heavy (non-hydrogen) atoms. The van der Waals surface area contributed by atoms with Crippen LogP contribution in [0.15, 0.2) is 61.3 Å². The first-order valence-corrected chi connectivity index (χ1v) is 14.4. The SMILES string of the molecule is COc1cc(OC)c2c(=O)c(OCCCSc3nnc(-c4ccc(F)cc4F)o3)c(-c3cc(OC)c(OC)c(OC)c3)oc2c1. The highest BCUT2D eigenvalue weighted by Gasteiger charge is 2.24. The molecule has 0 fully saturated rings. The van der Waals surface area contributed by atoms with Gasteiger partial charge in [-0.1, -0.05) is 11.8 Å². The molecule has 0 bridgehead atoms. The average molecular weight is 643 g/mol. The quantitative estimate of drug-likeness (QED) is 0.104. The molecule has 0 N–H and O–H groups in total. The lowest BCUT2D eigenvalue weighted by molar-refractivity contribution is 0.309. The van der Waals surface area contributed by atoms with Gasteiger partial charge in [0.05, 0.1) is 47.7 Å². The van der Waals surface area contributed by atoms with Gasteiger partial charge in [-0.2, -0.15) is 0 Å². The molecule has 0 aliphatic rings. The topological polar surface area (TPSA) is 125 Å². The zero-order chi connectivity index (χ0) is 32.1. The van der Waals surface area contributed by atoms with Crippen LogP contribution in [0.5, 0.6) is 34.5 Å². The van der Waals surface area contributed by atoms with Crippen molar-refractivity contribution in [1.82, 2.24) is 10.2 Å². The van der Waals surface area contributed by atoms with Crippen LogP contribution < -0.4 is 33.8 Å². The van der Waals surface area contributed by atoms with Crippen molar-refractivity contribution >= 4 is 22.7 Å². The molecule has 0 aliphatic carbocycles. The van der Waals surface area contributed by atoms with Crippen LogP contribution in [-0.4, -0.2) is 58.1 Å². The highest BCUT2D eigenvalue weighted by atomic mass is 32.2. The molecule has 11 nitrogen and oxygen atoms in total. The third-order valence-electron chi connectivity index (χ3n) is 6.60. The molecule has 0 spiro atoms. The van der Waals surface area contributed by atoms with Crippen molar-refractivity contribution in [3.63, 3.8) is 0 Å². The summed E-state index contributed by atoms with van der Waals surface area (Å²) in [5.41, 5.74) is 0.179. The van der Waals surface area contributed by atoms with Gasteiger partial charge in [0.2, 0.25) is 16.9 Å². The molecule has 0 unspecified atom stereocenters. The number of thioether (sulfide) groups is 1. The van der Waals surface area contributed by atoms with Gasteiger partial charge in [0.1, 0.15) is 34.1 Å². The van der Waals surface area contributed by atoms with Crippen LogP contribution in [0, 0.1) is 11.6 Å². The number of halogens is 2. The van der Waals surface area contributed by atoms with Gasteiger partial charge < -0.3 is 37.3 Å². The Labute approximate surface area is 260 Å². The Hall–Kier alpha value is -4.98. The van der Waals surface area contributed by atoms with Gasteiger partial charge in [-0.05, 0) is 30.7 Å². The Kier molecular flexibility index (Phi) is 9.62. The molecule has 3 aromatic carbocycles. The number of methoxy groups -OCH3 is 5. The molecule has 2 heterocycles. The first-order chi connectivity index (χ1) is 21.8. The van der Waals surface area contributed by atoms with E-state index in [4.69, 9.17) is 37.3 Å². The molecule has 236 valence electrons. The number of ether oxygens (including phenoxy) is 6. The summed E-state index contributed by atoms with van der Waals surface area (Å²) in [7, 11) is 7.36. The summed E-state index contributed by atoms with van der Waals surface area (Å²) >= 11 is 1.21. The minimum atomic E-state index is -0.809. The van der Waals surface area contributed by atoms with Gasteiger partial charge in [0.25, 0.3) is 11.1 Å². The van der Waals surface area contributed by atoms with E-state index in [0.717, 1.165) is 12.1 Å². The van der Waals surface area contributed by atoms with E-state index in [1.165, 1.54) is 53.4 Å². The fourth-order valence-corrected chi connectivity index (χ4v) is 5.16. The van der Waals surface area contributed by atoms with Crippen molar-refractivity contribution < 1.29 is 46.0 Å². The van der Waals surface area contributed by atoms with Crippen molar-refractivity contribution in [1.29, 1.82) is 0 Å². The largest absolute Gasteiger partial charge is 0.496 e. The molecular formula is C31H28F2N2O9S. The Morgan fingerprint density at radius 1 is 0.800 bits per heavy atom. The first kappa shape index (κ1) is 31.4. The number of aromatic nitrogens is 2. The van der Waals surface area contributed by atoms with Crippen LogP contribution in [0.25, 0.3) is 33.7 Å². The van der Waals surface area contributed by atoms with Crippen LogP contribution >= 0.6 is 11.8 Å². The Morgan fingerprint density at radius 3 is 2.18 bits per heavy atom. The minimum Gasteiger partial charge on any atom is -0.496 e. The summed E-state index contributed by atoms with van der Waals surface area (Å²) in [5, 5.41) is 8.12. The maximum atomic E-state index is 14.1. The van der Waals surface area contributed by atoms with Crippen LogP contribution in [0.1, 0.15) is 6.42 Å². The normalized spacial score (nSPS) is 11.0. The van der Waals surface area contributed by atoms with Crippen molar-refractivity contribution in [2.75, 3.05) is 47.9 Å². The van der Waals surface area contributed by atoms with Crippen molar-refractivity contribution in [2.24, 2.45) is 0 Å². The fourth-order valence-electron chi connectivity index (χ4n) is 4.49. The van der Waals surface area contributed by atoms with Gasteiger partial charge in [-0.3, -0.25) is 4.79 Å². The Morgan fingerprint density at radius 2 is 1.53 bits per heavy atom. The monoisotopic (exact) mass is 642 g/mol. The second kappa shape index (κ2) is 13.8. The summed E-state index contributed by atoms with van der Waals surface area (Å²) < 4.78 is 72.5. The number of nitrogens with zero attached hydrogens (tertiary/aromatic N) is 2. The molecule has 0 amide bonds. The van der Waals surface area contributed by atoms with Crippen LogP contribution in [0.2, 0.25) is 0 Å². The smallest absolute Gasteiger partial charge is 0.276 e. The zero-order valence-corrected chi connectivity index (χ0v) is 25.7. The third-order valence-corrected chi connectivity index (χ3v) is 7.51. The lowest BCUT2D eigenvalue weighted by Gasteiger charge is -2.16. The lowest BCUT2D eigenvalue weighted by atomic mass is 10.1. The number of rotatable bonds is 13. The summed E-state index contributed by atoms with van der Waals surface area (Å²) in [6, 6.07) is 9.52. The number of benzene rings is 3. The first-order valence-electron chi connectivity index (χ1n) is 13.4. The van der Waals surface area contributed by atoms with E-state index in [-0.39, 0.29) is 51.5 Å². The summed E-state index contributed by atoms with van der Waals surface area (Å²) in [6.07, 6.45) is 0.444. The summed E-state index contributed by atoms with van der Waals surface area (Å²) in [4.78, 5) is 13.9. The molecular weight excluding hydrogens is 614 g/mol. The molecule has 0 aliphatic heterocycles. The van der Waals surface area contributed by atoms with Crippen LogP contribution in [0.3, 0.4) is 0 Å². The van der Waals surface area contributed by atoms with Gasteiger partial charge in [0.15, 0.2) is 17.3 Å². The Bertz CT molecular complexity index is 1870. The number of hydrogen-bond donors (Lipinski definition) is 0. The number of hydrogen-bond acceptors (Lipinski definition) is 12. The van der Waals surface area contributed by atoms with E-state index in [2.05, 4.69) is 10.2 Å². The molecule has 5 aromatic rings. The highest BCUT2D eigenvalue weighted by Crippen LogP contribution is 2.44. The van der Waals surface area contributed by atoms with Gasteiger partial charge in [-0.25, -0.2) is 8.78 Å². The molecule has 0 radical (unpaired) electrons. The van der Waals surface area contributed by atoms with E-state index in [9.17, 15) is 13.6 Å². The van der Waals surface area contributed by atoms with Crippen molar-refractivity contribution in [2.45, 2.75) is 11.6 Å². The third kappa shape index (κ3) is 6.45. The maximum absolute atomic E-state index is 14.1. The molecule has 0 saturated carbocycles. The van der Waals surface area contributed by atoms with E-state index in [0.29, 0.717) is 40.7 Å². The van der Waals surface area contributed by atoms with Crippen LogP contribution in [0.4, 0.5) is 8.78 Å². The Balaban J connectivity index is 1.43. The van der Waals surface area contributed by atoms with Crippen LogP contribution in [-0.2, 0) is 0 Å². The molecule has 0 saturated heterocycles. The van der Waals surface area contributed by atoms with E-state index >= 15 is 0 Å². The highest BCUT2D eigenvalue weighted by molar-refractivity contribution is 7.99. The maximum Gasteiger partial charge on any atom is 0.276 e. The summed E-state index contributed by atoms with van der Waals surface area (Å²) in [5.74, 6) is 0.658. The van der Waals surface area contributed by atoms with Gasteiger partial charge in [-0.15, -0.1) is 10.2 Å². The molecule has 2 aromatic heterocycles. The second-order valence-electron chi connectivity index (χ2n) is 9.25. The van der Waals surface area contributed by atoms with E-state index < -0.39 is 17.1 Å². The summed E-state index contributed by atoms with van der Waals surface area (Å²) in [6.45, 7) is 0.104. The number of fused-ring (bicyclic) bond motifs is 1. The predicted octanol–water partition coefficient (Wildman–Crippen LogP) is 6.39. The molecule has 0 atom stereocenters.